The molecule has 0 aliphatic rings. The van der Waals surface area contributed by atoms with Crippen LogP contribution in [0.5, 0.6) is 0 Å². The third-order valence-corrected chi connectivity index (χ3v) is 3.96. The fourth-order valence-corrected chi connectivity index (χ4v) is 2.73. The van der Waals surface area contributed by atoms with Gasteiger partial charge in [0, 0.05) is 12.4 Å². The van der Waals surface area contributed by atoms with E-state index in [-0.39, 0.29) is 6.42 Å². The topological polar surface area (TPSA) is 48.9 Å². The summed E-state index contributed by atoms with van der Waals surface area (Å²) in [5.74, 6) is 0.370. The van der Waals surface area contributed by atoms with Gasteiger partial charge >= 0.3 is 0 Å². The minimum atomic E-state index is -0.956. The van der Waals surface area contributed by atoms with Gasteiger partial charge in [-0.05, 0) is 26.2 Å². The van der Waals surface area contributed by atoms with Crippen LogP contribution >= 0.6 is 0 Å². The average Bonchev–Trinajstić information content (AvgIpc) is 2.84. The monoisotopic (exact) mass is 294 g/mol. The SMILES string of the molecule is CCCCCCCCc1n(CC)cc[n+]1CCCC(=O)[O-]. The van der Waals surface area contributed by atoms with Crippen LogP contribution in [0.1, 0.15) is 71.0 Å². The summed E-state index contributed by atoms with van der Waals surface area (Å²) in [5.41, 5.74) is 0. The lowest BCUT2D eigenvalue weighted by atomic mass is 10.1. The molecule has 1 heterocycles. The summed E-state index contributed by atoms with van der Waals surface area (Å²) in [7, 11) is 0. The van der Waals surface area contributed by atoms with Gasteiger partial charge in [-0.25, -0.2) is 9.13 Å². The second-order valence-electron chi connectivity index (χ2n) is 5.69. The zero-order chi connectivity index (χ0) is 15.5. The van der Waals surface area contributed by atoms with Crippen LogP contribution in [0.4, 0.5) is 0 Å². The molecule has 0 saturated carbocycles. The lowest BCUT2D eigenvalue weighted by molar-refractivity contribution is -0.704. The zero-order valence-corrected chi connectivity index (χ0v) is 13.6. The molecule has 1 aromatic heterocycles. The Balaban J connectivity index is 2.42. The quantitative estimate of drug-likeness (QED) is 0.438. The molecule has 0 spiro atoms. The van der Waals surface area contributed by atoms with Gasteiger partial charge in [0.05, 0.1) is 13.1 Å². The van der Waals surface area contributed by atoms with E-state index in [2.05, 4.69) is 35.4 Å². The summed E-state index contributed by atoms with van der Waals surface area (Å²) in [6.45, 7) is 6.13. The first-order chi connectivity index (χ1) is 10.2. The Morgan fingerprint density at radius 1 is 1.14 bits per heavy atom. The maximum Gasteiger partial charge on any atom is 0.256 e. The van der Waals surface area contributed by atoms with Crippen molar-refractivity contribution >= 4 is 5.97 Å². The van der Waals surface area contributed by atoms with Crippen LogP contribution in [0.15, 0.2) is 12.4 Å². The van der Waals surface area contributed by atoms with Crippen molar-refractivity contribution in [1.29, 1.82) is 0 Å². The van der Waals surface area contributed by atoms with E-state index in [4.69, 9.17) is 0 Å². The number of hydrogen-bond donors (Lipinski definition) is 0. The van der Waals surface area contributed by atoms with E-state index in [1.54, 1.807) is 0 Å². The second kappa shape index (κ2) is 10.4. The van der Waals surface area contributed by atoms with E-state index in [1.165, 1.54) is 44.3 Å². The molecule has 0 aliphatic heterocycles. The van der Waals surface area contributed by atoms with Crippen LogP contribution in [0.2, 0.25) is 0 Å². The van der Waals surface area contributed by atoms with Gasteiger partial charge in [0.2, 0.25) is 0 Å². The number of unbranched alkanes of at least 4 members (excludes halogenated alkanes) is 5. The van der Waals surface area contributed by atoms with E-state index < -0.39 is 5.97 Å². The Hall–Kier alpha value is -1.32. The van der Waals surface area contributed by atoms with E-state index in [1.807, 2.05) is 0 Å². The fraction of sp³-hybridized carbons (Fsp3) is 0.765. The standard InChI is InChI=1S/C17H30N2O2/c1-3-5-6-7-8-9-11-16-18(4-2)14-15-19(16)13-10-12-17(20)21/h14-15H,3-13H2,1-2H3. The third kappa shape index (κ3) is 6.78. The molecule has 4 heteroatoms. The van der Waals surface area contributed by atoms with Crippen molar-refractivity contribution in [2.45, 2.75) is 84.7 Å². The van der Waals surface area contributed by atoms with Gasteiger partial charge in [-0.1, -0.05) is 39.0 Å². The summed E-state index contributed by atoms with van der Waals surface area (Å²) < 4.78 is 4.48. The van der Waals surface area contributed by atoms with Crippen LogP contribution in [-0.2, 0) is 24.3 Å². The van der Waals surface area contributed by atoms with E-state index in [0.29, 0.717) is 6.42 Å². The number of rotatable bonds is 12. The zero-order valence-electron chi connectivity index (χ0n) is 13.6. The van der Waals surface area contributed by atoms with Crippen LogP contribution in [-0.4, -0.2) is 10.5 Å². The summed E-state index contributed by atoms with van der Waals surface area (Å²) in [5, 5.41) is 10.5. The first-order valence-electron chi connectivity index (χ1n) is 8.46. The normalized spacial score (nSPS) is 11.0. The molecule has 21 heavy (non-hydrogen) atoms. The minimum absolute atomic E-state index is 0.140. The maximum absolute atomic E-state index is 10.5. The van der Waals surface area contributed by atoms with Crippen LogP contribution in [0.25, 0.3) is 0 Å². The lowest BCUT2D eigenvalue weighted by Crippen LogP contribution is -2.38. The van der Waals surface area contributed by atoms with E-state index >= 15 is 0 Å². The molecular formula is C17H30N2O2. The Morgan fingerprint density at radius 2 is 1.86 bits per heavy atom. The van der Waals surface area contributed by atoms with Gasteiger partial charge < -0.3 is 9.90 Å². The summed E-state index contributed by atoms with van der Waals surface area (Å²) in [4.78, 5) is 10.5. The molecule has 1 rings (SSSR count). The molecule has 0 bridgehead atoms. The van der Waals surface area contributed by atoms with Crippen LogP contribution in [0.3, 0.4) is 0 Å². The Labute approximate surface area is 128 Å². The van der Waals surface area contributed by atoms with Crippen molar-refractivity contribution in [1.82, 2.24) is 4.57 Å². The minimum Gasteiger partial charge on any atom is -0.550 e. The summed E-state index contributed by atoms with van der Waals surface area (Å²) in [6, 6.07) is 0. The Bertz CT molecular complexity index is 413. The van der Waals surface area contributed by atoms with Crippen molar-refractivity contribution < 1.29 is 14.5 Å². The molecule has 0 amide bonds. The first-order valence-corrected chi connectivity index (χ1v) is 8.46. The molecule has 0 saturated heterocycles. The van der Waals surface area contributed by atoms with Gasteiger partial charge in [0.15, 0.2) is 0 Å². The van der Waals surface area contributed by atoms with Crippen molar-refractivity contribution in [3.05, 3.63) is 18.2 Å². The molecule has 120 valence electrons. The lowest BCUT2D eigenvalue weighted by Gasteiger charge is -2.05. The molecule has 0 aromatic carbocycles. The number of aromatic nitrogens is 2. The highest BCUT2D eigenvalue weighted by Gasteiger charge is 2.15. The van der Waals surface area contributed by atoms with Gasteiger partial charge in [-0.15, -0.1) is 0 Å². The smallest absolute Gasteiger partial charge is 0.256 e. The van der Waals surface area contributed by atoms with E-state index in [9.17, 15) is 9.90 Å². The highest BCUT2D eigenvalue weighted by atomic mass is 16.4. The van der Waals surface area contributed by atoms with Gasteiger partial charge in [-0.2, -0.15) is 0 Å². The highest BCUT2D eigenvalue weighted by Crippen LogP contribution is 2.08. The highest BCUT2D eigenvalue weighted by molar-refractivity contribution is 5.63. The number of aliphatic carboxylic acids is 1. The number of nitrogens with zero attached hydrogens (tertiary/aromatic N) is 2. The molecule has 4 nitrogen and oxygen atoms in total. The number of carboxylic acids is 1. The number of carbonyl (C=O) groups is 1. The van der Waals surface area contributed by atoms with Crippen molar-refractivity contribution in [2.75, 3.05) is 0 Å². The number of aryl methyl sites for hydroxylation is 2. The van der Waals surface area contributed by atoms with Gasteiger partial charge in [-0.3, -0.25) is 0 Å². The first kappa shape index (κ1) is 17.7. The van der Waals surface area contributed by atoms with Crippen LogP contribution < -0.4 is 9.67 Å². The number of hydrogen-bond acceptors (Lipinski definition) is 2. The molecule has 0 aliphatic carbocycles. The fourth-order valence-electron chi connectivity index (χ4n) is 2.73. The largest absolute Gasteiger partial charge is 0.550 e. The number of imidazole rings is 1. The molecule has 0 atom stereocenters. The average molecular weight is 294 g/mol. The van der Waals surface area contributed by atoms with Crippen LogP contribution in [0, 0.1) is 0 Å². The molecule has 0 unspecified atom stereocenters. The van der Waals surface area contributed by atoms with Crippen molar-refractivity contribution in [2.24, 2.45) is 0 Å². The third-order valence-electron chi connectivity index (χ3n) is 3.96. The Morgan fingerprint density at radius 3 is 2.52 bits per heavy atom. The predicted octanol–water partition coefficient (Wildman–Crippen LogP) is 2.23. The predicted molar refractivity (Wildman–Crippen MR) is 81.6 cm³/mol. The Kier molecular flexibility index (Phi) is 8.79. The number of carbonyl (C=O) groups excluding carboxylic acids is 1. The van der Waals surface area contributed by atoms with Gasteiger partial charge in [0.25, 0.3) is 5.82 Å². The number of carboxylic acid groups (broad SMARTS) is 1. The summed E-state index contributed by atoms with van der Waals surface area (Å²) in [6.07, 6.45) is 13.8. The molecule has 0 fully saturated rings. The summed E-state index contributed by atoms with van der Waals surface area (Å²) >= 11 is 0. The maximum atomic E-state index is 10.5. The molecule has 0 radical (unpaired) electrons. The molecular weight excluding hydrogens is 264 g/mol. The molecule has 1 aromatic rings. The van der Waals surface area contributed by atoms with Crippen molar-refractivity contribution in [3.63, 3.8) is 0 Å². The van der Waals surface area contributed by atoms with Crippen molar-refractivity contribution in [3.8, 4) is 0 Å². The van der Waals surface area contributed by atoms with E-state index in [0.717, 1.165) is 19.5 Å². The molecule has 0 N–H and O–H groups in total. The van der Waals surface area contributed by atoms with Gasteiger partial charge in [0.1, 0.15) is 12.4 Å². The second-order valence-corrected chi connectivity index (χ2v) is 5.69.